The molecule has 1 aliphatic heterocycles. The summed E-state index contributed by atoms with van der Waals surface area (Å²) in [6.07, 6.45) is 15.1. The minimum atomic E-state index is -0.333. The summed E-state index contributed by atoms with van der Waals surface area (Å²) in [6.45, 7) is 0.198. The number of carbonyl (C=O) groups is 2. The Morgan fingerprint density at radius 3 is 2.55 bits per heavy atom. The van der Waals surface area contributed by atoms with Gasteiger partial charge in [-0.25, -0.2) is 9.98 Å². The standard InChI is InChI=1S/C23H26N4O4/c1-30-20-11-15-10-16(22(28)26-18(15)12-21(20)31-2)14-27(17-6-4-3-5-7-17)23(29)19-13-24-8-9-25-19/h8-13,15,17H,3-7,14H2,1-2H3. The van der Waals surface area contributed by atoms with Crippen molar-refractivity contribution < 1.29 is 19.1 Å². The predicted molar refractivity (Wildman–Crippen MR) is 114 cm³/mol. The van der Waals surface area contributed by atoms with Gasteiger partial charge >= 0.3 is 0 Å². The van der Waals surface area contributed by atoms with Gasteiger partial charge in [-0.05, 0) is 18.9 Å². The second-order valence-corrected chi connectivity index (χ2v) is 7.82. The van der Waals surface area contributed by atoms with Crippen molar-refractivity contribution in [1.29, 1.82) is 0 Å². The van der Waals surface area contributed by atoms with E-state index in [-0.39, 0.29) is 36.0 Å². The van der Waals surface area contributed by atoms with E-state index < -0.39 is 0 Å². The number of amides is 2. The number of rotatable bonds is 6. The third-order valence-corrected chi connectivity index (χ3v) is 5.92. The van der Waals surface area contributed by atoms with Gasteiger partial charge in [-0.1, -0.05) is 25.3 Å². The Balaban J connectivity index is 1.62. The number of allylic oxidation sites excluding steroid dienone is 3. The van der Waals surface area contributed by atoms with Crippen molar-refractivity contribution in [1.82, 2.24) is 14.9 Å². The zero-order chi connectivity index (χ0) is 21.8. The van der Waals surface area contributed by atoms with Gasteiger partial charge in [0.2, 0.25) is 0 Å². The minimum absolute atomic E-state index is 0.0683. The van der Waals surface area contributed by atoms with Gasteiger partial charge in [0.25, 0.3) is 11.8 Å². The van der Waals surface area contributed by atoms with Crippen LogP contribution in [0.2, 0.25) is 0 Å². The molecule has 1 unspecified atom stereocenters. The first kappa shape index (κ1) is 21.0. The molecule has 2 heterocycles. The molecular weight excluding hydrogens is 396 g/mol. The molecular formula is C23H26N4O4. The van der Waals surface area contributed by atoms with Gasteiger partial charge < -0.3 is 14.4 Å². The molecule has 0 aromatic carbocycles. The van der Waals surface area contributed by atoms with Crippen LogP contribution in [0.1, 0.15) is 42.6 Å². The van der Waals surface area contributed by atoms with E-state index in [0.29, 0.717) is 22.8 Å². The molecule has 31 heavy (non-hydrogen) atoms. The molecule has 8 heteroatoms. The van der Waals surface area contributed by atoms with Gasteiger partial charge in [0.1, 0.15) is 5.69 Å². The molecule has 0 bridgehead atoms. The molecule has 0 radical (unpaired) electrons. The molecule has 1 fully saturated rings. The summed E-state index contributed by atoms with van der Waals surface area (Å²) in [5, 5.41) is 0. The second kappa shape index (κ2) is 9.24. The molecule has 3 aliphatic rings. The van der Waals surface area contributed by atoms with Crippen molar-refractivity contribution in [2.75, 3.05) is 20.8 Å². The Kier molecular flexibility index (Phi) is 6.25. The zero-order valence-corrected chi connectivity index (χ0v) is 17.8. The van der Waals surface area contributed by atoms with E-state index in [4.69, 9.17) is 9.47 Å². The molecule has 1 aromatic rings. The summed E-state index contributed by atoms with van der Waals surface area (Å²) in [4.78, 5) is 40.4. The van der Waals surface area contributed by atoms with Crippen LogP contribution in [0.15, 0.2) is 58.9 Å². The molecule has 0 N–H and O–H groups in total. The Labute approximate surface area is 181 Å². The summed E-state index contributed by atoms with van der Waals surface area (Å²) in [6, 6.07) is 0.0683. The lowest BCUT2D eigenvalue weighted by atomic mass is 9.90. The fourth-order valence-electron chi connectivity index (χ4n) is 4.30. The van der Waals surface area contributed by atoms with Gasteiger partial charge in [-0.2, -0.15) is 0 Å². The Morgan fingerprint density at radius 2 is 1.87 bits per heavy atom. The molecule has 162 valence electrons. The van der Waals surface area contributed by atoms with Gasteiger partial charge in [0, 0.05) is 36.0 Å². The number of dihydropyridines is 1. The fourth-order valence-corrected chi connectivity index (χ4v) is 4.30. The van der Waals surface area contributed by atoms with Crippen LogP contribution in [0.5, 0.6) is 0 Å². The number of nitrogens with zero attached hydrogens (tertiary/aromatic N) is 4. The van der Waals surface area contributed by atoms with Crippen molar-refractivity contribution in [3.63, 3.8) is 0 Å². The summed E-state index contributed by atoms with van der Waals surface area (Å²) in [5.41, 5.74) is 1.39. The molecule has 0 saturated heterocycles. The van der Waals surface area contributed by atoms with E-state index in [9.17, 15) is 9.59 Å². The highest BCUT2D eigenvalue weighted by Gasteiger charge is 2.32. The van der Waals surface area contributed by atoms with Crippen LogP contribution in [0.4, 0.5) is 0 Å². The molecule has 4 rings (SSSR count). The van der Waals surface area contributed by atoms with Gasteiger partial charge in [0.15, 0.2) is 11.5 Å². The van der Waals surface area contributed by atoms with Crippen LogP contribution in [-0.4, -0.2) is 59.2 Å². The predicted octanol–water partition coefficient (Wildman–Crippen LogP) is 2.85. The van der Waals surface area contributed by atoms with Crippen molar-refractivity contribution in [3.05, 3.63) is 59.6 Å². The highest BCUT2D eigenvalue weighted by atomic mass is 16.5. The second-order valence-electron chi connectivity index (χ2n) is 7.82. The Morgan fingerprint density at radius 1 is 1.10 bits per heavy atom. The van der Waals surface area contributed by atoms with Crippen molar-refractivity contribution in [2.24, 2.45) is 10.9 Å². The molecule has 2 amide bonds. The van der Waals surface area contributed by atoms with Crippen LogP contribution in [-0.2, 0) is 14.3 Å². The number of aromatic nitrogens is 2. The molecule has 8 nitrogen and oxygen atoms in total. The lowest BCUT2D eigenvalue weighted by Gasteiger charge is -2.35. The first-order chi connectivity index (χ1) is 15.1. The van der Waals surface area contributed by atoms with Gasteiger partial charge in [-0.3, -0.25) is 14.6 Å². The quantitative estimate of drug-likeness (QED) is 0.700. The van der Waals surface area contributed by atoms with Crippen molar-refractivity contribution >= 4 is 17.5 Å². The normalized spacial score (nSPS) is 21.2. The van der Waals surface area contributed by atoms with Gasteiger partial charge in [0.05, 0.1) is 32.7 Å². The van der Waals surface area contributed by atoms with E-state index >= 15 is 0 Å². The van der Waals surface area contributed by atoms with E-state index in [0.717, 1.165) is 25.7 Å². The summed E-state index contributed by atoms with van der Waals surface area (Å²) in [7, 11) is 3.12. The van der Waals surface area contributed by atoms with Crippen LogP contribution in [0.25, 0.3) is 0 Å². The van der Waals surface area contributed by atoms with E-state index in [1.54, 1.807) is 25.2 Å². The minimum Gasteiger partial charge on any atom is -0.493 e. The first-order valence-corrected chi connectivity index (χ1v) is 10.5. The maximum absolute atomic E-state index is 13.3. The van der Waals surface area contributed by atoms with E-state index in [1.165, 1.54) is 25.0 Å². The lowest BCUT2D eigenvalue weighted by molar-refractivity contribution is -0.114. The highest BCUT2D eigenvalue weighted by molar-refractivity contribution is 6.14. The number of methoxy groups -OCH3 is 2. The topological polar surface area (TPSA) is 94.0 Å². The largest absolute Gasteiger partial charge is 0.493 e. The maximum atomic E-state index is 13.3. The molecule has 1 aromatic heterocycles. The zero-order valence-electron chi connectivity index (χ0n) is 17.8. The van der Waals surface area contributed by atoms with Crippen LogP contribution in [0.3, 0.4) is 0 Å². The molecule has 1 saturated carbocycles. The SMILES string of the molecule is COC1=CC2=NC(=O)C(CN(C(=O)c3cnccn3)C3CCCCC3)=CC2C=C1OC. The summed E-state index contributed by atoms with van der Waals surface area (Å²) >= 11 is 0. The van der Waals surface area contributed by atoms with Gasteiger partial charge in [-0.15, -0.1) is 0 Å². The number of aliphatic imine (C=N–C) groups is 1. The first-order valence-electron chi connectivity index (χ1n) is 10.5. The maximum Gasteiger partial charge on any atom is 0.274 e. The molecule has 1 atom stereocenters. The number of hydrogen-bond donors (Lipinski definition) is 0. The third kappa shape index (κ3) is 4.42. The monoisotopic (exact) mass is 422 g/mol. The highest BCUT2D eigenvalue weighted by Crippen LogP contribution is 2.29. The average molecular weight is 422 g/mol. The number of fused-ring (bicyclic) bond motifs is 1. The Hall–Kier alpha value is -3.29. The average Bonchev–Trinajstić information content (AvgIpc) is 2.82. The van der Waals surface area contributed by atoms with E-state index in [1.807, 2.05) is 12.2 Å². The number of carbonyl (C=O) groups excluding carboxylic acids is 2. The number of ether oxygens (including phenoxy) is 2. The van der Waals surface area contributed by atoms with E-state index in [2.05, 4.69) is 15.0 Å². The molecule has 0 spiro atoms. The third-order valence-electron chi connectivity index (χ3n) is 5.92. The molecule has 2 aliphatic carbocycles. The fraction of sp³-hybridized carbons (Fsp3) is 0.435. The lowest BCUT2D eigenvalue weighted by Crippen LogP contribution is -2.44. The summed E-state index contributed by atoms with van der Waals surface area (Å²) < 4.78 is 10.7. The van der Waals surface area contributed by atoms with Crippen LogP contribution >= 0.6 is 0 Å². The van der Waals surface area contributed by atoms with Crippen LogP contribution in [0, 0.1) is 5.92 Å². The Bertz CT molecular complexity index is 975. The van der Waals surface area contributed by atoms with Crippen molar-refractivity contribution in [2.45, 2.75) is 38.1 Å². The summed E-state index contributed by atoms with van der Waals surface area (Å²) in [5.74, 6) is 0.378. The van der Waals surface area contributed by atoms with Crippen LogP contribution < -0.4 is 0 Å². The number of hydrogen-bond acceptors (Lipinski definition) is 6. The smallest absolute Gasteiger partial charge is 0.274 e. The van der Waals surface area contributed by atoms with Crippen molar-refractivity contribution in [3.8, 4) is 0 Å².